The van der Waals surface area contributed by atoms with Gasteiger partial charge in [0.1, 0.15) is 18.0 Å². The van der Waals surface area contributed by atoms with Crippen molar-refractivity contribution in [2.24, 2.45) is 0 Å². The second kappa shape index (κ2) is 8.46. The lowest BCUT2D eigenvalue weighted by molar-refractivity contribution is -0.188. The molecule has 0 N–H and O–H groups in total. The maximum atomic E-state index is 13.5. The molecule has 0 bridgehead atoms. The van der Waals surface area contributed by atoms with Crippen molar-refractivity contribution in [2.45, 2.75) is 43.6 Å². The lowest BCUT2D eigenvalue weighted by Crippen LogP contribution is -2.49. The molecule has 2 aromatic carbocycles. The Morgan fingerprint density at radius 3 is 2.50 bits per heavy atom. The van der Waals surface area contributed by atoms with Crippen molar-refractivity contribution in [3.63, 3.8) is 0 Å². The van der Waals surface area contributed by atoms with Crippen molar-refractivity contribution < 1.29 is 23.4 Å². The fraction of sp³-hybridized carbons (Fsp3) is 0.458. The van der Waals surface area contributed by atoms with E-state index in [0.29, 0.717) is 32.8 Å². The number of amides is 1. The first kappa shape index (κ1) is 19.7. The quantitative estimate of drug-likeness (QED) is 0.775. The monoisotopic (exact) mass is 411 g/mol. The van der Waals surface area contributed by atoms with E-state index in [2.05, 4.69) is 12.1 Å². The largest absolute Gasteiger partial charge is 0.376 e. The summed E-state index contributed by atoms with van der Waals surface area (Å²) in [6.45, 7) is 2.34. The van der Waals surface area contributed by atoms with E-state index in [1.165, 1.54) is 17.7 Å². The van der Waals surface area contributed by atoms with Crippen LogP contribution in [0.5, 0.6) is 0 Å². The molecule has 2 saturated heterocycles. The van der Waals surface area contributed by atoms with Crippen LogP contribution in [0.4, 0.5) is 4.39 Å². The molecule has 0 saturated carbocycles. The Hall–Kier alpha value is -2.28. The number of nitrogens with zero attached hydrogens (tertiary/aromatic N) is 1. The number of carbonyl (C=O) groups is 1. The molecule has 2 fully saturated rings. The first-order valence-electron chi connectivity index (χ1n) is 10.7. The summed E-state index contributed by atoms with van der Waals surface area (Å²) in [5, 5.41) is 0. The standard InChI is InChI=1S/C24H26FNO4/c25-18-7-5-17(6-8-18)23-21-4-2-1-3-16(21)11-12-26(23)24(27)22-10-9-19(15-29-22)30-20-13-28-14-20/h1-8,19-20,22-23H,9-15H2/t19-,22-,23+/m1/s1. The number of halogens is 1. The third-order valence-electron chi connectivity index (χ3n) is 6.25. The van der Waals surface area contributed by atoms with Gasteiger partial charge in [-0.05, 0) is 48.1 Å². The van der Waals surface area contributed by atoms with Crippen LogP contribution >= 0.6 is 0 Å². The molecule has 6 heteroatoms. The van der Waals surface area contributed by atoms with Crippen LogP contribution in [0.1, 0.15) is 35.6 Å². The highest BCUT2D eigenvalue weighted by molar-refractivity contribution is 5.82. The molecule has 0 unspecified atom stereocenters. The summed E-state index contributed by atoms with van der Waals surface area (Å²) < 4.78 is 30.6. The van der Waals surface area contributed by atoms with Crippen LogP contribution in [0.25, 0.3) is 0 Å². The number of rotatable bonds is 4. The van der Waals surface area contributed by atoms with Gasteiger partial charge in [0.05, 0.1) is 32.0 Å². The minimum absolute atomic E-state index is 0.00394. The van der Waals surface area contributed by atoms with Crippen LogP contribution in [-0.4, -0.2) is 55.5 Å². The van der Waals surface area contributed by atoms with Crippen LogP contribution in [-0.2, 0) is 25.4 Å². The van der Waals surface area contributed by atoms with Gasteiger partial charge in [-0.15, -0.1) is 0 Å². The maximum Gasteiger partial charge on any atom is 0.252 e. The Bertz CT molecular complexity index is 890. The van der Waals surface area contributed by atoms with Crippen molar-refractivity contribution in [3.05, 3.63) is 71.0 Å². The summed E-state index contributed by atoms with van der Waals surface area (Å²) in [7, 11) is 0. The highest BCUT2D eigenvalue weighted by atomic mass is 19.1. The molecule has 0 spiro atoms. The van der Waals surface area contributed by atoms with E-state index in [1.54, 1.807) is 12.1 Å². The Morgan fingerprint density at radius 2 is 1.80 bits per heavy atom. The van der Waals surface area contributed by atoms with Crippen LogP contribution < -0.4 is 0 Å². The van der Waals surface area contributed by atoms with E-state index in [1.807, 2.05) is 17.0 Å². The summed E-state index contributed by atoms with van der Waals surface area (Å²) in [5.74, 6) is -0.275. The first-order chi connectivity index (χ1) is 14.7. The summed E-state index contributed by atoms with van der Waals surface area (Å²) in [4.78, 5) is 15.4. The molecule has 5 rings (SSSR count). The summed E-state index contributed by atoms with van der Waals surface area (Å²) in [5.41, 5.74) is 3.25. The molecule has 2 aromatic rings. The highest BCUT2D eigenvalue weighted by Gasteiger charge is 2.38. The maximum absolute atomic E-state index is 13.5. The summed E-state index contributed by atoms with van der Waals surface area (Å²) in [6.07, 6.45) is 1.98. The third-order valence-corrected chi connectivity index (χ3v) is 6.25. The van der Waals surface area contributed by atoms with E-state index < -0.39 is 6.10 Å². The van der Waals surface area contributed by atoms with E-state index in [-0.39, 0.29) is 30.0 Å². The second-order valence-electron chi connectivity index (χ2n) is 8.25. The van der Waals surface area contributed by atoms with Crippen molar-refractivity contribution >= 4 is 5.91 Å². The van der Waals surface area contributed by atoms with Gasteiger partial charge in [0.25, 0.3) is 5.91 Å². The number of hydrogen-bond acceptors (Lipinski definition) is 4. The van der Waals surface area contributed by atoms with E-state index in [9.17, 15) is 9.18 Å². The van der Waals surface area contributed by atoms with Crippen molar-refractivity contribution in [1.82, 2.24) is 4.90 Å². The minimum atomic E-state index is -0.462. The summed E-state index contributed by atoms with van der Waals surface area (Å²) >= 11 is 0. The zero-order valence-corrected chi connectivity index (χ0v) is 16.8. The fourth-order valence-corrected chi connectivity index (χ4v) is 4.59. The molecular weight excluding hydrogens is 385 g/mol. The predicted molar refractivity (Wildman–Crippen MR) is 109 cm³/mol. The van der Waals surface area contributed by atoms with Crippen LogP contribution in [0.2, 0.25) is 0 Å². The van der Waals surface area contributed by atoms with Gasteiger partial charge in [-0.3, -0.25) is 4.79 Å². The highest BCUT2D eigenvalue weighted by Crippen LogP contribution is 2.36. The topological polar surface area (TPSA) is 48.0 Å². The van der Waals surface area contributed by atoms with Crippen LogP contribution in [0.15, 0.2) is 48.5 Å². The molecule has 0 aliphatic carbocycles. The normalized spacial score (nSPS) is 26.7. The molecule has 3 heterocycles. The molecule has 3 aliphatic rings. The average molecular weight is 411 g/mol. The number of fused-ring (bicyclic) bond motifs is 1. The Kier molecular flexibility index (Phi) is 5.54. The average Bonchev–Trinajstić information content (AvgIpc) is 2.76. The van der Waals surface area contributed by atoms with Crippen LogP contribution in [0.3, 0.4) is 0 Å². The zero-order valence-electron chi connectivity index (χ0n) is 16.8. The minimum Gasteiger partial charge on any atom is -0.376 e. The number of ether oxygens (including phenoxy) is 3. The number of hydrogen-bond donors (Lipinski definition) is 0. The van der Waals surface area contributed by atoms with Gasteiger partial charge >= 0.3 is 0 Å². The zero-order chi connectivity index (χ0) is 20.5. The van der Waals surface area contributed by atoms with Crippen molar-refractivity contribution in [2.75, 3.05) is 26.4 Å². The van der Waals surface area contributed by atoms with Gasteiger partial charge in [0, 0.05) is 6.54 Å². The Labute approximate surface area is 175 Å². The Morgan fingerprint density at radius 1 is 1.00 bits per heavy atom. The van der Waals surface area contributed by atoms with E-state index >= 15 is 0 Å². The Balaban J connectivity index is 1.34. The van der Waals surface area contributed by atoms with Crippen molar-refractivity contribution in [3.8, 4) is 0 Å². The van der Waals surface area contributed by atoms with Gasteiger partial charge in [-0.2, -0.15) is 0 Å². The lowest BCUT2D eigenvalue weighted by Gasteiger charge is -2.41. The molecular formula is C24H26FNO4. The molecule has 158 valence electrons. The SMILES string of the molecule is O=C([C@H]1CC[C@@H](OC2COC2)CO1)N1CCc2ccccc2[C@@H]1c1ccc(F)cc1. The molecule has 0 aromatic heterocycles. The molecule has 3 aliphatic heterocycles. The molecule has 1 amide bonds. The first-order valence-corrected chi connectivity index (χ1v) is 10.7. The molecule has 5 nitrogen and oxygen atoms in total. The molecule has 3 atom stereocenters. The van der Waals surface area contributed by atoms with Gasteiger partial charge < -0.3 is 19.1 Å². The lowest BCUT2D eigenvalue weighted by atomic mass is 9.87. The van der Waals surface area contributed by atoms with E-state index in [0.717, 1.165) is 24.0 Å². The smallest absolute Gasteiger partial charge is 0.252 e. The van der Waals surface area contributed by atoms with Crippen molar-refractivity contribution in [1.29, 1.82) is 0 Å². The predicted octanol–water partition coefficient (Wildman–Crippen LogP) is 3.26. The number of benzene rings is 2. The second-order valence-corrected chi connectivity index (χ2v) is 8.25. The van der Waals surface area contributed by atoms with Gasteiger partial charge in [0.2, 0.25) is 0 Å². The number of carbonyl (C=O) groups excluding carboxylic acids is 1. The van der Waals surface area contributed by atoms with Crippen LogP contribution in [0, 0.1) is 5.82 Å². The van der Waals surface area contributed by atoms with Gasteiger partial charge in [-0.1, -0.05) is 36.4 Å². The molecule has 0 radical (unpaired) electrons. The van der Waals surface area contributed by atoms with Gasteiger partial charge in [-0.25, -0.2) is 4.39 Å². The molecule has 30 heavy (non-hydrogen) atoms. The summed E-state index contributed by atoms with van der Waals surface area (Å²) in [6, 6.07) is 14.4. The van der Waals surface area contributed by atoms with E-state index in [4.69, 9.17) is 14.2 Å². The third kappa shape index (κ3) is 3.87. The van der Waals surface area contributed by atoms with Gasteiger partial charge in [0.15, 0.2) is 0 Å². The fourth-order valence-electron chi connectivity index (χ4n) is 4.59.